The van der Waals surface area contributed by atoms with E-state index in [2.05, 4.69) is 10.6 Å². The van der Waals surface area contributed by atoms with Gasteiger partial charge in [-0.3, -0.25) is 9.59 Å². The SMILES string of the molecule is CC(C)(O)c1cccc(NC(=O)C(=O)NCC(CCO)c2ccccc2)c1. The summed E-state index contributed by atoms with van der Waals surface area (Å²) < 4.78 is 0. The smallest absolute Gasteiger partial charge is 0.313 e. The van der Waals surface area contributed by atoms with Gasteiger partial charge in [0.15, 0.2) is 0 Å². The van der Waals surface area contributed by atoms with Gasteiger partial charge < -0.3 is 20.8 Å². The molecule has 6 heteroatoms. The summed E-state index contributed by atoms with van der Waals surface area (Å²) in [6.07, 6.45) is 0.486. The van der Waals surface area contributed by atoms with Gasteiger partial charge in [0.2, 0.25) is 0 Å². The first-order valence-corrected chi connectivity index (χ1v) is 8.89. The molecule has 0 saturated carbocycles. The Morgan fingerprint density at radius 3 is 2.37 bits per heavy atom. The molecule has 144 valence electrons. The fourth-order valence-electron chi connectivity index (χ4n) is 2.73. The van der Waals surface area contributed by atoms with Crippen LogP contribution >= 0.6 is 0 Å². The van der Waals surface area contributed by atoms with Gasteiger partial charge in [-0.2, -0.15) is 0 Å². The molecule has 0 aliphatic rings. The van der Waals surface area contributed by atoms with Crippen molar-refractivity contribution in [3.8, 4) is 0 Å². The molecule has 6 nitrogen and oxygen atoms in total. The van der Waals surface area contributed by atoms with Gasteiger partial charge in [0.25, 0.3) is 0 Å². The Kier molecular flexibility index (Phi) is 7.10. The van der Waals surface area contributed by atoms with Gasteiger partial charge in [0.05, 0.1) is 5.60 Å². The molecule has 0 aliphatic heterocycles. The van der Waals surface area contributed by atoms with Crippen LogP contribution in [0.1, 0.15) is 37.3 Å². The zero-order valence-electron chi connectivity index (χ0n) is 15.6. The quantitative estimate of drug-likeness (QED) is 0.561. The van der Waals surface area contributed by atoms with Crippen molar-refractivity contribution in [3.63, 3.8) is 0 Å². The molecule has 0 radical (unpaired) electrons. The summed E-state index contributed by atoms with van der Waals surface area (Å²) in [7, 11) is 0. The molecule has 0 heterocycles. The van der Waals surface area contributed by atoms with E-state index in [-0.39, 0.29) is 19.1 Å². The summed E-state index contributed by atoms with van der Waals surface area (Å²) >= 11 is 0. The highest BCUT2D eigenvalue weighted by atomic mass is 16.3. The molecule has 0 aromatic heterocycles. The van der Waals surface area contributed by atoms with Crippen LogP contribution in [0.5, 0.6) is 0 Å². The van der Waals surface area contributed by atoms with Crippen LogP contribution in [0, 0.1) is 0 Å². The molecule has 0 fully saturated rings. The fraction of sp³-hybridized carbons (Fsp3) is 0.333. The number of hydrogen-bond donors (Lipinski definition) is 4. The topological polar surface area (TPSA) is 98.7 Å². The van der Waals surface area contributed by atoms with Gasteiger partial charge in [0.1, 0.15) is 0 Å². The minimum Gasteiger partial charge on any atom is -0.396 e. The third kappa shape index (κ3) is 6.20. The van der Waals surface area contributed by atoms with Crippen LogP contribution in [0.2, 0.25) is 0 Å². The Hall–Kier alpha value is -2.70. The van der Waals surface area contributed by atoms with E-state index in [0.717, 1.165) is 5.56 Å². The third-order valence-electron chi connectivity index (χ3n) is 4.29. The molecule has 0 bridgehead atoms. The Bertz CT molecular complexity index is 769. The Morgan fingerprint density at radius 2 is 1.74 bits per heavy atom. The van der Waals surface area contributed by atoms with Crippen LogP contribution in [0.3, 0.4) is 0 Å². The average Bonchev–Trinajstić information content (AvgIpc) is 2.65. The average molecular weight is 370 g/mol. The van der Waals surface area contributed by atoms with E-state index in [1.165, 1.54) is 0 Å². The van der Waals surface area contributed by atoms with Crippen LogP contribution < -0.4 is 10.6 Å². The first kappa shape index (κ1) is 20.6. The number of nitrogens with one attached hydrogen (secondary N) is 2. The maximum absolute atomic E-state index is 12.1. The summed E-state index contributed by atoms with van der Waals surface area (Å²) in [6, 6.07) is 16.3. The molecule has 0 aliphatic carbocycles. The molecule has 2 rings (SSSR count). The van der Waals surface area contributed by atoms with Gasteiger partial charge in [-0.1, -0.05) is 42.5 Å². The molecule has 2 aromatic rings. The van der Waals surface area contributed by atoms with Crippen molar-refractivity contribution in [2.75, 3.05) is 18.5 Å². The maximum Gasteiger partial charge on any atom is 0.313 e. The van der Waals surface area contributed by atoms with E-state index < -0.39 is 17.4 Å². The molecular weight excluding hydrogens is 344 g/mol. The number of rotatable bonds is 7. The summed E-state index contributed by atoms with van der Waals surface area (Å²) in [5, 5.41) is 24.5. The Balaban J connectivity index is 1.96. The Morgan fingerprint density at radius 1 is 1.04 bits per heavy atom. The number of anilines is 1. The summed E-state index contributed by atoms with van der Waals surface area (Å²) in [6.45, 7) is 3.53. The van der Waals surface area contributed by atoms with E-state index in [1.54, 1.807) is 38.1 Å². The van der Waals surface area contributed by atoms with Crippen LogP contribution in [-0.4, -0.2) is 35.2 Å². The highest BCUT2D eigenvalue weighted by molar-refractivity contribution is 6.39. The minimum atomic E-state index is -1.05. The lowest BCUT2D eigenvalue weighted by molar-refractivity contribution is -0.136. The first-order chi connectivity index (χ1) is 12.8. The van der Waals surface area contributed by atoms with Gasteiger partial charge in [-0.15, -0.1) is 0 Å². The number of aliphatic hydroxyl groups is 2. The van der Waals surface area contributed by atoms with Gasteiger partial charge in [0, 0.05) is 24.8 Å². The number of carbonyl (C=O) groups excluding carboxylic acids is 2. The third-order valence-corrected chi connectivity index (χ3v) is 4.29. The van der Waals surface area contributed by atoms with Crippen LogP contribution in [0.4, 0.5) is 5.69 Å². The van der Waals surface area contributed by atoms with Gasteiger partial charge >= 0.3 is 11.8 Å². The summed E-state index contributed by atoms with van der Waals surface area (Å²) in [5.74, 6) is -1.60. The fourth-order valence-corrected chi connectivity index (χ4v) is 2.73. The van der Waals surface area contributed by atoms with Crippen molar-refractivity contribution in [1.29, 1.82) is 0 Å². The number of hydrogen-bond acceptors (Lipinski definition) is 4. The minimum absolute atomic E-state index is 0.00857. The van der Waals surface area contributed by atoms with Crippen LogP contribution in [0.15, 0.2) is 54.6 Å². The predicted octanol–water partition coefficient (Wildman–Crippen LogP) is 2.13. The number of amides is 2. The number of aliphatic hydroxyl groups excluding tert-OH is 1. The van der Waals surface area contributed by atoms with Crippen molar-refractivity contribution in [2.45, 2.75) is 31.8 Å². The second-order valence-corrected chi connectivity index (χ2v) is 6.92. The summed E-state index contributed by atoms with van der Waals surface area (Å²) in [5.41, 5.74) is 1.01. The maximum atomic E-state index is 12.1. The van der Waals surface area contributed by atoms with Crippen molar-refractivity contribution >= 4 is 17.5 Å². The molecule has 1 atom stereocenters. The molecule has 0 spiro atoms. The van der Waals surface area contributed by atoms with Gasteiger partial charge in [-0.25, -0.2) is 0 Å². The van der Waals surface area contributed by atoms with Crippen molar-refractivity contribution < 1.29 is 19.8 Å². The second-order valence-electron chi connectivity index (χ2n) is 6.92. The molecular formula is C21H26N2O4. The van der Waals surface area contributed by atoms with E-state index in [0.29, 0.717) is 17.7 Å². The molecule has 2 aromatic carbocycles. The van der Waals surface area contributed by atoms with E-state index in [4.69, 9.17) is 0 Å². The molecule has 4 N–H and O–H groups in total. The monoisotopic (exact) mass is 370 g/mol. The standard InChI is InChI=1S/C21H26N2O4/c1-21(2,27)17-9-6-10-18(13-17)23-20(26)19(25)22-14-16(11-12-24)15-7-4-3-5-8-15/h3-10,13,16,24,27H,11-12,14H2,1-2H3,(H,22,25)(H,23,26). The lowest BCUT2D eigenvalue weighted by Gasteiger charge is -2.19. The van der Waals surface area contributed by atoms with Crippen molar-refractivity contribution in [1.82, 2.24) is 5.32 Å². The Labute approximate surface area is 159 Å². The van der Waals surface area contributed by atoms with Crippen LogP contribution in [-0.2, 0) is 15.2 Å². The van der Waals surface area contributed by atoms with Crippen LogP contribution in [0.25, 0.3) is 0 Å². The summed E-state index contributed by atoms with van der Waals surface area (Å²) in [4.78, 5) is 24.3. The highest BCUT2D eigenvalue weighted by Gasteiger charge is 2.19. The zero-order valence-corrected chi connectivity index (χ0v) is 15.6. The van der Waals surface area contributed by atoms with Crippen molar-refractivity contribution in [2.24, 2.45) is 0 Å². The lowest BCUT2D eigenvalue weighted by Crippen LogP contribution is -2.37. The predicted molar refractivity (Wildman–Crippen MR) is 104 cm³/mol. The molecule has 27 heavy (non-hydrogen) atoms. The molecule has 0 saturated heterocycles. The molecule has 2 amide bonds. The van der Waals surface area contributed by atoms with E-state index in [1.807, 2.05) is 30.3 Å². The molecule has 1 unspecified atom stereocenters. The van der Waals surface area contributed by atoms with E-state index in [9.17, 15) is 19.8 Å². The lowest BCUT2D eigenvalue weighted by atomic mass is 9.96. The number of carbonyl (C=O) groups is 2. The van der Waals surface area contributed by atoms with E-state index >= 15 is 0 Å². The number of benzene rings is 2. The van der Waals surface area contributed by atoms with Crippen molar-refractivity contribution in [3.05, 3.63) is 65.7 Å². The highest BCUT2D eigenvalue weighted by Crippen LogP contribution is 2.22. The first-order valence-electron chi connectivity index (χ1n) is 8.89. The zero-order chi connectivity index (χ0) is 19.9. The van der Waals surface area contributed by atoms with Gasteiger partial charge in [-0.05, 0) is 43.5 Å². The second kappa shape index (κ2) is 9.30. The normalized spacial score (nSPS) is 12.3. The largest absolute Gasteiger partial charge is 0.396 e.